The third-order valence-corrected chi connectivity index (χ3v) is 4.47. The standard InChI is InChI=1S/C14H17N3OS/c1-17(14(18)11-6-4-8-15-11)9-13-16-10-5-2-3-7-12(10)19-13/h2-3,5,7,11,15H,4,6,8-9H2,1H3/t11-/m0/s1. The highest BCUT2D eigenvalue weighted by Crippen LogP contribution is 2.22. The molecule has 0 unspecified atom stereocenters. The topological polar surface area (TPSA) is 45.2 Å². The summed E-state index contributed by atoms with van der Waals surface area (Å²) in [5.74, 6) is 0.178. The number of thiazole rings is 1. The van der Waals surface area contributed by atoms with Crippen molar-refractivity contribution in [2.75, 3.05) is 13.6 Å². The van der Waals surface area contributed by atoms with Gasteiger partial charge >= 0.3 is 0 Å². The van der Waals surface area contributed by atoms with Crippen LogP contribution in [-0.2, 0) is 11.3 Å². The van der Waals surface area contributed by atoms with Crippen LogP contribution < -0.4 is 5.32 Å². The molecule has 0 saturated carbocycles. The van der Waals surface area contributed by atoms with Crippen LogP contribution in [0.1, 0.15) is 17.8 Å². The summed E-state index contributed by atoms with van der Waals surface area (Å²) >= 11 is 1.66. The van der Waals surface area contributed by atoms with Crippen molar-refractivity contribution in [1.29, 1.82) is 0 Å². The molecule has 1 aliphatic rings. The molecule has 1 aromatic carbocycles. The zero-order valence-electron chi connectivity index (χ0n) is 10.9. The first kappa shape index (κ1) is 12.6. The smallest absolute Gasteiger partial charge is 0.239 e. The Hall–Kier alpha value is -1.46. The molecule has 19 heavy (non-hydrogen) atoms. The number of benzene rings is 1. The summed E-state index contributed by atoms with van der Waals surface area (Å²) in [4.78, 5) is 18.5. The summed E-state index contributed by atoms with van der Waals surface area (Å²) in [6.45, 7) is 1.54. The molecule has 1 fully saturated rings. The third-order valence-electron chi connectivity index (χ3n) is 3.45. The monoisotopic (exact) mass is 275 g/mol. The predicted octanol–water partition coefficient (Wildman–Crippen LogP) is 2.01. The molecule has 2 aromatic rings. The van der Waals surface area contributed by atoms with Crippen LogP contribution in [0.3, 0.4) is 0 Å². The Bertz CT molecular complexity index is 556. The van der Waals surface area contributed by atoms with E-state index in [0.717, 1.165) is 29.9 Å². The van der Waals surface area contributed by atoms with Crippen molar-refractivity contribution in [2.45, 2.75) is 25.4 Å². The molecule has 2 heterocycles. The number of nitrogens with one attached hydrogen (secondary N) is 1. The van der Waals surface area contributed by atoms with E-state index >= 15 is 0 Å². The van der Waals surface area contributed by atoms with Crippen molar-refractivity contribution in [3.8, 4) is 0 Å². The van der Waals surface area contributed by atoms with E-state index < -0.39 is 0 Å². The van der Waals surface area contributed by atoms with Gasteiger partial charge in [0.15, 0.2) is 0 Å². The van der Waals surface area contributed by atoms with E-state index in [1.54, 1.807) is 16.2 Å². The SMILES string of the molecule is CN(Cc1nc2ccccc2s1)C(=O)[C@@H]1CCCN1. The third kappa shape index (κ3) is 2.62. The summed E-state index contributed by atoms with van der Waals surface area (Å²) in [5, 5.41) is 4.24. The van der Waals surface area contributed by atoms with Gasteiger partial charge in [0.05, 0.1) is 22.8 Å². The van der Waals surface area contributed by atoms with E-state index in [9.17, 15) is 4.79 Å². The van der Waals surface area contributed by atoms with E-state index in [1.807, 2.05) is 25.2 Å². The number of rotatable bonds is 3. The van der Waals surface area contributed by atoms with E-state index in [0.29, 0.717) is 6.54 Å². The predicted molar refractivity (Wildman–Crippen MR) is 77.1 cm³/mol. The molecule has 1 saturated heterocycles. The zero-order chi connectivity index (χ0) is 13.2. The second-order valence-corrected chi connectivity index (χ2v) is 6.03. The maximum absolute atomic E-state index is 12.2. The number of para-hydroxylation sites is 1. The largest absolute Gasteiger partial charge is 0.338 e. The molecule has 1 N–H and O–H groups in total. The lowest BCUT2D eigenvalue weighted by Crippen LogP contribution is -2.41. The van der Waals surface area contributed by atoms with Crippen LogP contribution in [0.25, 0.3) is 10.2 Å². The Balaban J connectivity index is 1.71. The number of nitrogens with zero attached hydrogens (tertiary/aromatic N) is 2. The number of likely N-dealkylation sites (N-methyl/N-ethyl adjacent to an activating group) is 1. The van der Waals surface area contributed by atoms with E-state index in [1.165, 1.54) is 4.70 Å². The summed E-state index contributed by atoms with van der Waals surface area (Å²) in [6, 6.07) is 8.08. The molecule has 1 aliphatic heterocycles. The summed E-state index contributed by atoms with van der Waals surface area (Å²) in [5.41, 5.74) is 1.02. The first-order valence-corrected chi connectivity index (χ1v) is 7.38. The number of amides is 1. The Morgan fingerprint density at radius 1 is 1.53 bits per heavy atom. The molecule has 0 spiro atoms. The van der Waals surface area contributed by atoms with E-state index in [4.69, 9.17) is 0 Å². The van der Waals surface area contributed by atoms with Crippen LogP contribution in [0.15, 0.2) is 24.3 Å². The summed E-state index contributed by atoms with van der Waals surface area (Å²) in [6.07, 6.45) is 2.04. The van der Waals surface area contributed by atoms with Gasteiger partial charge in [0, 0.05) is 7.05 Å². The number of fused-ring (bicyclic) bond motifs is 1. The molecule has 4 nitrogen and oxygen atoms in total. The highest BCUT2D eigenvalue weighted by atomic mass is 32.1. The molecular formula is C14H17N3OS. The molecule has 100 valence electrons. The summed E-state index contributed by atoms with van der Waals surface area (Å²) < 4.78 is 1.18. The summed E-state index contributed by atoms with van der Waals surface area (Å²) in [7, 11) is 1.86. The van der Waals surface area contributed by atoms with Gasteiger partial charge in [0.2, 0.25) is 5.91 Å². The van der Waals surface area contributed by atoms with Gasteiger partial charge in [0.1, 0.15) is 5.01 Å². The van der Waals surface area contributed by atoms with Crippen LogP contribution >= 0.6 is 11.3 Å². The van der Waals surface area contributed by atoms with Gasteiger partial charge in [-0.1, -0.05) is 12.1 Å². The fourth-order valence-electron chi connectivity index (χ4n) is 2.43. The van der Waals surface area contributed by atoms with Crippen molar-refractivity contribution < 1.29 is 4.79 Å². The van der Waals surface area contributed by atoms with Crippen LogP contribution in [-0.4, -0.2) is 35.4 Å². The molecule has 1 amide bonds. The maximum Gasteiger partial charge on any atom is 0.239 e. The molecule has 1 aromatic heterocycles. The van der Waals surface area contributed by atoms with Gasteiger partial charge in [-0.25, -0.2) is 4.98 Å². The Kier molecular flexibility index (Phi) is 3.48. The normalized spacial score (nSPS) is 18.9. The number of hydrogen-bond acceptors (Lipinski definition) is 4. The van der Waals surface area contributed by atoms with Crippen LogP contribution in [0.5, 0.6) is 0 Å². The lowest BCUT2D eigenvalue weighted by Gasteiger charge is -2.19. The van der Waals surface area contributed by atoms with E-state index in [2.05, 4.69) is 16.4 Å². The zero-order valence-corrected chi connectivity index (χ0v) is 11.7. The van der Waals surface area contributed by atoms with Crippen molar-refractivity contribution in [2.24, 2.45) is 0 Å². The van der Waals surface area contributed by atoms with Gasteiger partial charge < -0.3 is 10.2 Å². The van der Waals surface area contributed by atoms with Crippen molar-refractivity contribution >= 4 is 27.5 Å². The van der Waals surface area contributed by atoms with Crippen molar-refractivity contribution in [3.05, 3.63) is 29.3 Å². The molecule has 1 atom stereocenters. The van der Waals surface area contributed by atoms with Crippen LogP contribution in [0, 0.1) is 0 Å². The van der Waals surface area contributed by atoms with Gasteiger partial charge in [-0.3, -0.25) is 4.79 Å². The van der Waals surface area contributed by atoms with Gasteiger partial charge in [-0.05, 0) is 31.5 Å². The highest BCUT2D eigenvalue weighted by molar-refractivity contribution is 7.18. The average molecular weight is 275 g/mol. The molecule has 0 radical (unpaired) electrons. The number of aromatic nitrogens is 1. The minimum Gasteiger partial charge on any atom is -0.338 e. The van der Waals surface area contributed by atoms with Crippen molar-refractivity contribution in [3.63, 3.8) is 0 Å². The average Bonchev–Trinajstić information content (AvgIpc) is 3.06. The Morgan fingerprint density at radius 2 is 2.37 bits per heavy atom. The lowest BCUT2D eigenvalue weighted by atomic mass is 10.2. The minimum atomic E-state index is -0.000576. The lowest BCUT2D eigenvalue weighted by molar-refractivity contribution is -0.132. The fraction of sp³-hybridized carbons (Fsp3) is 0.429. The first-order valence-electron chi connectivity index (χ1n) is 6.57. The van der Waals surface area contributed by atoms with E-state index in [-0.39, 0.29) is 11.9 Å². The van der Waals surface area contributed by atoms with Gasteiger partial charge in [-0.2, -0.15) is 0 Å². The second-order valence-electron chi connectivity index (χ2n) is 4.92. The number of carbonyl (C=O) groups is 1. The Morgan fingerprint density at radius 3 is 3.11 bits per heavy atom. The van der Waals surface area contributed by atoms with Gasteiger partial charge in [-0.15, -0.1) is 11.3 Å². The minimum absolute atomic E-state index is 0.000576. The number of hydrogen-bond donors (Lipinski definition) is 1. The maximum atomic E-state index is 12.2. The quantitative estimate of drug-likeness (QED) is 0.932. The first-order chi connectivity index (χ1) is 9.24. The van der Waals surface area contributed by atoms with Crippen molar-refractivity contribution in [1.82, 2.24) is 15.2 Å². The Labute approximate surface area is 116 Å². The molecule has 3 rings (SSSR count). The molecule has 5 heteroatoms. The van der Waals surface area contributed by atoms with Crippen LogP contribution in [0.2, 0.25) is 0 Å². The molecule has 0 bridgehead atoms. The fourth-order valence-corrected chi connectivity index (χ4v) is 3.45. The van der Waals surface area contributed by atoms with Crippen LogP contribution in [0.4, 0.5) is 0 Å². The molecular weight excluding hydrogens is 258 g/mol. The highest BCUT2D eigenvalue weighted by Gasteiger charge is 2.25. The second kappa shape index (κ2) is 5.27. The number of carbonyl (C=O) groups excluding carboxylic acids is 1. The van der Waals surface area contributed by atoms with Gasteiger partial charge in [0.25, 0.3) is 0 Å². The molecule has 0 aliphatic carbocycles.